The average Bonchev–Trinajstić information content (AvgIpc) is 2.78. The SMILES string of the molecule is CCOc1ccccc1C(=O)NCC(=O)N(C)Cc1ccccc1N1CCOCC1. The standard InChI is InChI=1S/C23H29N3O4/c1-3-30-21-11-7-5-9-19(21)23(28)24-16-22(27)25(2)17-18-8-4-6-10-20(18)26-12-14-29-15-13-26/h4-11H,3,12-17H2,1-2H3,(H,24,28). The van der Waals surface area contributed by atoms with Gasteiger partial charge < -0.3 is 24.6 Å². The van der Waals surface area contributed by atoms with Crippen LogP contribution in [0.25, 0.3) is 0 Å². The quantitative estimate of drug-likeness (QED) is 0.722. The van der Waals surface area contributed by atoms with Gasteiger partial charge in [0.05, 0.1) is 31.9 Å². The van der Waals surface area contributed by atoms with Gasteiger partial charge in [0.2, 0.25) is 5.91 Å². The summed E-state index contributed by atoms with van der Waals surface area (Å²) in [4.78, 5) is 29.0. The van der Waals surface area contributed by atoms with Gasteiger partial charge in [0.1, 0.15) is 5.75 Å². The van der Waals surface area contributed by atoms with Gasteiger partial charge in [-0.05, 0) is 30.7 Å². The zero-order chi connectivity index (χ0) is 21.3. The third kappa shape index (κ3) is 5.51. The number of carbonyl (C=O) groups excluding carboxylic acids is 2. The second-order valence-corrected chi connectivity index (χ2v) is 7.09. The van der Waals surface area contributed by atoms with Crippen molar-refractivity contribution in [2.45, 2.75) is 13.5 Å². The molecule has 2 aromatic rings. The number of benzene rings is 2. The maximum atomic E-state index is 12.6. The van der Waals surface area contributed by atoms with Gasteiger partial charge in [-0.2, -0.15) is 0 Å². The molecule has 0 unspecified atom stereocenters. The lowest BCUT2D eigenvalue weighted by Gasteiger charge is -2.31. The van der Waals surface area contributed by atoms with Gasteiger partial charge >= 0.3 is 0 Å². The third-order valence-electron chi connectivity index (χ3n) is 5.01. The van der Waals surface area contributed by atoms with Crippen LogP contribution in [0, 0.1) is 0 Å². The molecule has 2 aromatic carbocycles. The number of carbonyl (C=O) groups is 2. The fraction of sp³-hybridized carbons (Fsp3) is 0.391. The topological polar surface area (TPSA) is 71.1 Å². The maximum Gasteiger partial charge on any atom is 0.255 e. The van der Waals surface area contributed by atoms with Gasteiger partial charge in [0.25, 0.3) is 5.91 Å². The molecule has 0 saturated carbocycles. The van der Waals surface area contributed by atoms with E-state index in [1.807, 2.05) is 31.2 Å². The van der Waals surface area contributed by atoms with Crippen molar-refractivity contribution in [2.75, 3.05) is 51.4 Å². The Labute approximate surface area is 177 Å². The third-order valence-corrected chi connectivity index (χ3v) is 5.01. The minimum absolute atomic E-state index is 0.0739. The number of amides is 2. The van der Waals surface area contributed by atoms with E-state index >= 15 is 0 Å². The minimum atomic E-state index is -0.325. The molecule has 1 N–H and O–H groups in total. The number of para-hydroxylation sites is 2. The van der Waals surface area contributed by atoms with Crippen LogP contribution in [-0.2, 0) is 16.1 Å². The van der Waals surface area contributed by atoms with Crippen molar-refractivity contribution < 1.29 is 19.1 Å². The lowest BCUT2D eigenvalue weighted by Crippen LogP contribution is -2.39. The van der Waals surface area contributed by atoms with Crippen LogP contribution in [0.2, 0.25) is 0 Å². The fourth-order valence-electron chi connectivity index (χ4n) is 3.42. The predicted octanol–water partition coefficient (Wildman–Crippen LogP) is 2.31. The molecule has 1 heterocycles. The lowest BCUT2D eigenvalue weighted by atomic mass is 10.1. The monoisotopic (exact) mass is 411 g/mol. The highest BCUT2D eigenvalue weighted by atomic mass is 16.5. The van der Waals surface area contributed by atoms with E-state index in [0.29, 0.717) is 37.7 Å². The number of likely N-dealkylation sites (N-methyl/N-ethyl adjacent to an activating group) is 1. The molecule has 0 spiro atoms. The first-order valence-electron chi connectivity index (χ1n) is 10.2. The number of hydrogen-bond acceptors (Lipinski definition) is 5. The molecule has 1 aliphatic heterocycles. The Morgan fingerprint density at radius 3 is 2.57 bits per heavy atom. The molecule has 0 bridgehead atoms. The summed E-state index contributed by atoms with van der Waals surface area (Å²) in [6, 6.07) is 15.1. The van der Waals surface area contributed by atoms with E-state index in [4.69, 9.17) is 9.47 Å². The first kappa shape index (κ1) is 21.6. The maximum absolute atomic E-state index is 12.6. The molecular formula is C23H29N3O4. The van der Waals surface area contributed by atoms with Crippen LogP contribution in [0.5, 0.6) is 5.75 Å². The number of nitrogens with one attached hydrogen (secondary N) is 1. The van der Waals surface area contributed by atoms with E-state index in [2.05, 4.69) is 16.3 Å². The molecule has 0 radical (unpaired) electrons. The average molecular weight is 412 g/mol. The van der Waals surface area contributed by atoms with Gasteiger partial charge in [0.15, 0.2) is 0 Å². The van der Waals surface area contributed by atoms with Crippen molar-refractivity contribution >= 4 is 17.5 Å². The Kier molecular flexibility index (Phi) is 7.68. The number of morpholine rings is 1. The van der Waals surface area contributed by atoms with Crippen LogP contribution < -0.4 is 15.0 Å². The van der Waals surface area contributed by atoms with Crippen molar-refractivity contribution in [3.8, 4) is 5.75 Å². The van der Waals surface area contributed by atoms with Gasteiger partial charge in [-0.1, -0.05) is 30.3 Å². The molecule has 160 valence electrons. The van der Waals surface area contributed by atoms with E-state index < -0.39 is 0 Å². The highest BCUT2D eigenvalue weighted by Gasteiger charge is 2.18. The highest BCUT2D eigenvalue weighted by molar-refractivity contribution is 5.98. The smallest absolute Gasteiger partial charge is 0.255 e. The summed E-state index contributed by atoms with van der Waals surface area (Å²) >= 11 is 0. The van der Waals surface area contributed by atoms with Crippen molar-refractivity contribution in [1.82, 2.24) is 10.2 Å². The van der Waals surface area contributed by atoms with Crippen LogP contribution in [-0.4, -0.2) is 63.2 Å². The van der Waals surface area contributed by atoms with E-state index in [9.17, 15) is 9.59 Å². The molecule has 2 amide bonds. The molecule has 7 nitrogen and oxygen atoms in total. The summed E-state index contributed by atoms with van der Waals surface area (Å²) in [7, 11) is 1.75. The van der Waals surface area contributed by atoms with Crippen LogP contribution in [0.1, 0.15) is 22.8 Å². The van der Waals surface area contributed by atoms with Crippen molar-refractivity contribution in [2.24, 2.45) is 0 Å². The normalized spacial score (nSPS) is 13.6. The Balaban J connectivity index is 1.59. The van der Waals surface area contributed by atoms with Crippen molar-refractivity contribution in [3.63, 3.8) is 0 Å². The molecule has 1 saturated heterocycles. The zero-order valence-corrected chi connectivity index (χ0v) is 17.6. The first-order valence-corrected chi connectivity index (χ1v) is 10.2. The molecule has 1 fully saturated rings. The molecule has 3 rings (SSSR count). The number of ether oxygens (including phenoxy) is 2. The van der Waals surface area contributed by atoms with Gasteiger partial charge in [-0.25, -0.2) is 0 Å². The second-order valence-electron chi connectivity index (χ2n) is 7.09. The van der Waals surface area contributed by atoms with Gasteiger partial charge in [-0.15, -0.1) is 0 Å². The fourth-order valence-corrected chi connectivity index (χ4v) is 3.42. The van der Waals surface area contributed by atoms with E-state index in [1.165, 1.54) is 0 Å². The van der Waals surface area contributed by atoms with Crippen LogP contribution >= 0.6 is 0 Å². The molecular weight excluding hydrogens is 382 g/mol. The predicted molar refractivity (Wildman–Crippen MR) is 116 cm³/mol. The van der Waals surface area contributed by atoms with Crippen LogP contribution in [0.3, 0.4) is 0 Å². The van der Waals surface area contributed by atoms with Crippen molar-refractivity contribution in [3.05, 3.63) is 59.7 Å². The summed E-state index contributed by atoms with van der Waals surface area (Å²) in [5, 5.41) is 2.71. The Hall–Kier alpha value is -3.06. The molecule has 30 heavy (non-hydrogen) atoms. The molecule has 0 aliphatic carbocycles. The zero-order valence-electron chi connectivity index (χ0n) is 17.6. The summed E-state index contributed by atoms with van der Waals surface area (Å²) in [6.07, 6.45) is 0. The molecule has 7 heteroatoms. The highest BCUT2D eigenvalue weighted by Crippen LogP contribution is 2.23. The van der Waals surface area contributed by atoms with E-state index in [-0.39, 0.29) is 18.4 Å². The molecule has 1 aliphatic rings. The van der Waals surface area contributed by atoms with Crippen LogP contribution in [0.4, 0.5) is 5.69 Å². The lowest BCUT2D eigenvalue weighted by molar-refractivity contribution is -0.129. The van der Waals surface area contributed by atoms with Gasteiger partial charge in [-0.3, -0.25) is 9.59 Å². The minimum Gasteiger partial charge on any atom is -0.493 e. The van der Waals surface area contributed by atoms with Crippen LogP contribution in [0.15, 0.2) is 48.5 Å². The number of rotatable bonds is 8. The molecule has 0 atom stereocenters. The molecule has 0 aromatic heterocycles. The van der Waals surface area contributed by atoms with E-state index in [1.54, 1.807) is 30.1 Å². The Morgan fingerprint density at radius 2 is 1.80 bits per heavy atom. The second kappa shape index (κ2) is 10.6. The summed E-state index contributed by atoms with van der Waals surface area (Å²) in [5.74, 6) is 0.0290. The summed E-state index contributed by atoms with van der Waals surface area (Å²) in [6.45, 7) is 5.81. The van der Waals surface area contributed by atoms with Gasteiger partial charge in [0, 0.05) is 32.4 Å². The summed E-state index contributed by atoms with van der Waals surface area (Å²) < 4.78 is 10.9. The van der Waals surface area contributed by atoms with E-state index in [0.717, 1.165) is 24.3 Å². The van der Waals surface area contributed by atoms with Crippen molar-refractivity contribution in [1.29, 1.82) is 0 Å². The largest absolute Gasteiger partial charge is 0.493 e. The summed E-state index contributed by atoms with van der Waals surface area (Å²) in [5.41, 5.74) is 2.62. The number of anilines is 1. The Bertz CT molecular complexity index is 865. The number of hydrogen-bond donors (Lipinski definition) is 1. The Morgan fingerprint density at radius 1 is 1.10 bits per heavy atom. The number of nitrogens with zero attached hydrogens (tertiary/aromatic N) is 2. The first-order chi connectivity index (χ1) is 14.6.